The Morgan fingerprint density at radius 2 is 1.74 bits per heavy atom. The number of carbonyl (C=O) groups is 2. The molecule has 1 saturated carbocycles. The van der Waals surface area contributed by atoms with Crippen LogP contribution in [0.1, 0.15) is 49.8 Å². The van der Waals surface area contributed by atoms with Gasteiger partial charge in [0.25, 0.3) is 0 Å². The first-order chi connectivity index (χ1) is 16.6. The minimum absolute atomic E-state index is 0.00114. The molecule has 1 fully saturated rings. The second-order valence-electron chi connectivity index (χ2n) is 9.02. The zero-order chi connectivity index (χ0) is 24.2. The summed E-state index contributed by atoms with van der Waals surface area (Å²) in [5.41, 5.74) is 2.34. The van der Waals surface area contributed by atoms with Gasteiger partial charge in [-0.25, -0.2) is 0 Å². The molecule has 7 nitrogen and oxygen atoms in total. The van der Waals surface area contributed by atoms with Crippen LogP contribution in [0.2, 0.25) is 0 Å². The van der Waals surface area contributed by atoms with Gasteiger partial charge >= 0.3 is 0 Å². The molecule has 0 spiro atoms. The molecule has 1 aliphatic carbocycles. The fraction of sp³-hybridized carbons (Fsp3) is 0.556. The molecule has 2 aromatic rings. The number of amides is 2. The maximum atomic E-state index is 13.6. The van der Waals surface area contributed by atoms with Gasteiger partial charge in [0.05, 0.1) is 13.1 Å². The van der Waals surface area contributed by atoms with Crippen molar-refractivity contribution in [3.8, 4) is 0 Å². The van der Waals surface area contributed by atoms with Crippen molar-refractivity contribution < 1.29 is 19.1 Å². The number of benzene rings is 1. The van der Waals surface area contributed by atoms with Crippen LogP contribution in [0.25, 0.3) is 0 Å². The lowest BCUT2D eigenvalue weighted by Crippen LogP contribution is -2.48. The van der Waals surface area contributed by atoms with Gasteiger partial charge in [0.1, 0.15) is 6.61 Å². The van der Waals surface area contributed by atoms with E-state index in [-0.39, 0.29) is 31.0 Å². The van der Waals surface area contributed by atoms with Crippen molar-refractivity contribution in [2.45, 2.75) is 57.7 Å². The molecule has 0 bridgehead atoms. The maximum Gasteiger partial charge on any atom is 0.249 e. The Kier molecular flexibility index (Phi) is 10.6. The lowest BCUT2D eigenvalue weighted by atomic mass is 9.94. The molecule has 0 radical (unpaired) electrons. The van der Waals surface area contributed by atoms with Gasteiger partial charge in [0, 0.05) is 51.8 Å². The Balaban J connectivity index is 1.75. The average Bonchev–Trinajstić information content (AvgIpc) is 3.29. The van der Waals surface area contributed by atoms with E-state index in [0.717, 1.165) is 37.9 Å². The van der Waals surface area contributed by atoms with Gasteiger partial charge in [-0.1, -0.05) is 49.6 Å². The van der Waals surface area contributed by atoms with Crippen molar-refractivity contribution in [1.82, 2.24) is 14.4 Å². The van der Waals surface area contributed by atoms with Gasteiger partial charge < -0.3 is 23.8 Å². The SMILES string of the molecule is COCCCN(CC(=O)N(Cc1cccn1Cc1ccccc1)C1CCCCC1)C(=O)COC. The monoisotopic (exact) mass is 469 g/mol. The number of hydrogen-bond donors (Lipinski definition) is 0. The third-order valence-electron chi connectivity index (χ3n) is 6.51. The van der Waals surface area contributed by atoms with Crippen LogP contribution in [0.5, 0.6) is 0 Å². The van der Waals surface area contributed by atoms with Crippen LogP contribution < -0.4 is 0 Å². The summed E-state index contributed by atoms with van der Waals surface area (Å²) in [6.45, 7) is 2.39. The van der Waals surface area contributed by atoms with Crippen molar-refractivity contribution in [2.75, 3.05) is 40.5 Å². The molecule has 1 aromatic heterocycles. The summed E-state index contributed by atoms with van der Waals surface area (Å²) in [6.07, 6.45) is 8.28. The lowest BCUT2D eigenvalue weighted by Gasteiger charge is -2.36. The third kappa shape index (κ3) is 7.71. The van der Waals surface area contributed by atoms with E-state index in [2.05, 4.69) is 29.0 Å². The van der Waals surface area contributed by atoms with E-state index < -0.39 is 0 Å². The summed E-state index contributed by atoms with van der Waals surface area (Å²) in [6, 6.07) is 14.7. The number of carbonyl (C=O) groups excluding carboxylic acids is 2. The van der Waals surface area contributed by atoms with Crippen LogP contribution in [0.3, 0.4) is 0 Å². The minimum Gasteiger partial charge on any atom is -0.385 e. The molecule has 0 N–H and O–H groups in total. The van der Waals surface area contributed by atoms with Gasteiger partial charge in [-0.3, -0.25) is 9.59 Å². The van der Waals surface area contributed by atoms with Crippen LogP contribution in [-0.2, 0) is 32.2 Å². The fourth-order valence-electron chi connectivity index (χ4n) is 4.68. The zero-order valence-electron chi connectivity index (χ0n) is 20.7. The average molecular weight is 470 g/mol. The van der Waals surface area contributed by atoms with Crippen LogP contribution in [-0.4, -0.2) is 72.7 Å². The topological polar surface area (TPSA) is 64.0 Å². The molecule has 0 atom stereocenters. The predicted molar refractivity (Wildman–Crippen MR) is 132 cm³/mol. The van der Waals surface area contributed by atoms with Crippen LogP contribution >= 0.6 is 0 Å². The van der Waals surface area contributed by atoms with E-state index in [1.54, 1.807) is 12.0 Å². The summed E-state index contributed by atoms with van der Waals surface area (Å²) in [5.74, 6) is -0.163. The molecule has 186 valence electrons. The van der Waals surface area contributed by atoms with Crippen molar-refractivity contribution in [3.63, 3.8) is 0 Å². The third-order valence-corrected chi connectivity index (χ3v) is 6.51. The Labute approximate surface area is 203 Å². The fourth-order valence-corrected chi connectivity index (χ4v) is 4.68. The standard InChI is InChI=1S/C27H39N3O4/c1-33-18-10-17-29(27(32)22-34-2)21-26(31)30(24-13-7-4-8-14-24)20-25-15-9-16-28(25)19-23-11-5-3-6-12-23/h3,5-6,9,11-12,15-16,24H,4,7-8,10,13-14,17-22H2,1-2H3. The molecule has 0 unspecified atom stereocenters. The molecule has 7 heteroatoms. The highest BCUT2D eigenvalue weighted by Gasteiger charge is 2.28. The Morgan fingerprint density at radius 3 is 2.44 bits per heavy atom. The summed E-state index contributed by atoms with van der Waals surface area (Å²) in [7, 11) is 3.14. The highest BCUT2D eigenvalue weighted by molar-refractivity contribution is 5.85. The van der Waals surface area contributed by atoms with Gasteiger partial charge in [0.2, 0.25) is 11.8 Å². The second-order valence-corrected chi connectivity index (χ2v) is 9.02. The van der Waals surface area contributed by atoms with E-state index in [9.17, 15) is 9.59 Å². The number of methoxy groups -OCH3 is 2. The number of ether oxygens (including phenoxy) is 2. The molecule has 1 aromatic carbocycles. The quantitative estimate of drug-likeness (QED) is 0.420. The van der Waals surface area contributed by atoms with E-state index in [1.807, 2.05) is 29.2 Å². The Bertz CT molecular complexity index is 877. The van der Waals surface area contributed by atoms with Crippen LogP contribution in [0.4, 0.5) is 0 Å². The van der Waals surface area contributed by atoms with Gasteiger partial charge in [0.15, 0.2) is 0 Å². The van der Waals surface area contributed by atoms with Crippen LogP contribution in [0, 0.1) is 0 Å². The van der Waals surface area contributed by atoms with Gasteiger partial charge in [-0.2, -0.15) is 0 Å². The Morgan fingerprint density at radius 1 is 0.971 bits per heavy atom. The number of hydrogen-bond acceptors (Lipinski definition) is 4. The zero-order valence-corrected chi connectivity index (χ0v) is 20.7. The number of aromatic nitrogens is 1. The smallest absolute Gasteiger partial charge is 0.249 e. The molecular weight excluding hydrogens is 430 g/mol. The summed E-state index contributed by atoms with van der Waals surface area (Å²) >= 11 is 0. The van der Waals surface area contributed by atoms with E-state index in [4.69, 9.17) is 9.47 Å². The second kappa shape index (κ2) is 13.9. The first-order valence-electron chi connectivity index (χ1n) is 12.4. The van der Waals surface area contributed by atoms with Crippen molar-refractivity contribution in [2.24, 2.45) is 0 Å². The van der Waals surface area contributed by atoms with Crippen molar-refractivity contribution in [3.05, 3.63) is 59.9 Å². The van der Waals surface area contributed by atoms with E-state index >= 15 is 0 Å². The predicted octanol–water partition coefficient (Wildman–Crippen LogP) is 3.71. The lowest BCUT2D eigenvalue weighted by molar-refractivity contribution is -0.144. The first-order valence-corrected chi connectivity index (χ1v) is 12.4. The molecule has 1 heterocycles. The minimum atomic E-state index is -0.164. The largest absolute Gasteiger partial charge is 0.385 e. The van der Waals surface area contributed by atoms with Crippen molar-refractivity contribution in [1.29, 1.82) is 0 Å². The Hall–Kier alpha value is -2.64. The highest BCUT2D eigenvalue weighted by atomic mass is 16.5. The van der Waals surface area contributed by atoms with Gasteiger partial charge in [-0.15, -0.1) is 0 Å². The molecule has 0 aliphatic heterocycles. The van der Waals surface area contributed by atoms with Crippen molar-refractivity contribution >= 4 is 11.8 Å². The molecule has 2 amide bonds. The van der Waals surface area contributed by atoms with E-state index in [0.29, 0.717) is 26.1 Å². The first kappa shape index (κ1) is 26.0. The van der Waals surface area contributed by atoms with E-state index in [1.165, 1.54) is 19.1 Å². The van der Waals surface area contributed by atoms with Crippen LogP contribution in [0.15, 0.2) is 48.7 Å². The number of rotatable bonds is 13. The molecule has 34 heavy (non-hydrogen) atoms. The highest BCUT2D eigenvalue weighted by Crippen LogP contribution is 2.25. The normalized spacial score (nSPS) is 14.2. The molecule has 3 rings (SSSR count). The maximum absolute atomic E-state index is 13.6. The summed E-state index contributed by atoms with van der Waals surface area (Å²) in [5, 5.41) is 0. The summed E-state index contributed by atoms with van der Waals surface area (Å²) in [4.78, 5) is 29.9. The number of nitrogens with zero attached hydrogens (tertiary/aromatic N) is 3. The van der Waals surface area contributed by atoms with Gasteiger partial charge in [-0.05, 0) is 37.0 Å². The summed E-state index contributed by atoms with van der Waals surface area (Å²) < 4.78 is 12.4. The molecular formula is C27H39N3O4. The molecule has 1 aliphatic rings. The molecule has 0 saturated heterocycles.